The molecule has 1 unspecified atom stereocenters. The minimum atomic E-state index is -1.01. The molecule has 0 fully saturated rings. The van der Waals surface area contributed by atoms with Crippen LogP contribution in [0.15, 0.2) is 18.2 Å². The number of carboxylic acids is 1. The van der Waals surface area contributed by atoms with Crippen LogP contribution in [-0.4, -0.2) is 22.2 Å². The number of carbonyl (C=O) groups is 1. The van der Waals surface area contributed by atoms with Crippen LogP contribution in [0.2, 0.25) is 0 Å². The normalized spacial score (nSPS) is 12.4. The first kappa shape index (κ1) is 11.7. The second-order valence-corrected chi connectivity index (χ2v) is 3.35. The van der Waals surface area contributed by atoms with E-state index in [4.69, 9.17) is 9.84 Å². The Morgan fingerprint density at radius 1 is 1.60 bits per heavy atom. The summed E-state index contributed by atoms with van der Waals surface area (Å²) in [5.41, 5.74) is 0.704. The molecule has 0 amide bonds. The predicted molar refractivity (Wildman–Crippen MR) is 55.7 cm³/mol. The van der Waals surface area contributed by atoms with Crippen molar-refractivity contribution in [2.45, 2.75) is 33.0 Å². The Hall–Kier alpha value is -1.42. The fraction of sp³-hybridized carbons (Fsp3) is 0.455. The summed E-state index contributed by atoms with van der Waals surface area (Å²) in [5.74, 6) is -1.01. The molecule has 0 saturated heterocycles. The molecule has 1 N–H and O–H groups in total. The van der Waals surface area contributed by atoms with Crippen molar-refractivity contribution in [2.24, 2.45) is 0 Å². The predicted octanol–water partition coefficient (Wildman–Crippen LogP) is 2.09. The Balaban J connectivity index is 2.62. The van der Waals surface area contributed by atoms with Gasteiger partial charge < -0.3 is 9.84 Å². The minimum Gasteiger partial charge on any atom is -0.477 e. The lowest BCUT2D eigenvalue weighted by Gasteiger charge is -2.09. The van der Waals surface area contributed by atoms with Crippen LogP contribution in [0, 0.1) is 0 Å². The van der Waals surface area contributed by atoms with Gasteiger partial charge in [-0.3, -0.25) is 0 Å². The zero-order valence-electron chi connectivity index (χ0n) is 8.93. The Morgan fingerprint density at radius 2 is 2.33 bits per heavy atom. The molecule has 4 heteroatoms. The summed E-state index contributed by atoms with van der Waals surface area (Å²) in [5, 5.41) is 8.73. The van der Waals surface area contributed by atoms with E-state index in [1.807, 2.05) is 13.8 Å². The summed E-state index contributed by atoms with van der Waals surface area (Å²) in [7, 11) is 0. The number of nitrogens with zero attached hydrogens (tertiary/aromatic N) is 1. The van der Waals surface area contributed by atoms with Gasteiger partial charge in [0.1, 0.15) is 5.69 Å². The van der Waals surface area contributed by atoms with E-state index in [9.17, 15) is 4.79 Å². The van der Waals surface area contributed by atoms with Gasteiger partial charge in [0.25, 0.3) is 0 Å². The monoisotopic (exact) mass is 209 g/mol. The van der Waals surface area contributed by atoms with Crippen molar-refractivity contribution in [3.8, 4) is 0 Å². The zero-order chi connectivity index (χ0) is 11.3. The number of carboxylic acid groups (broad SMARTS) is 1. The lowest BCUT2D eigenvalue weighted by Crippen LogP contribution is -2.08. The second kappa shape index (κ2) is 5.46. The number of aromatic nitrogens is 1. The maximum Gasteiger partial charge on any atom is 0.354 e. The number of hydrogen-bond donors (Lipinski definition) is 1. The fourth-order valence-corrected chi connectivity index (χ4v) is 1.02. The van der Waals surface area contributed by atoms with E-state index in [2.05, 4.69) is 4.98 Å². The van der Waals surface area contributed by atoms with Gasteiger partial charge in [-0.25, -0.2) is 9.78 Å². The molecule has 15 heavy (non-hydrogen) atoms. The SMILES string of the molecule is CCC(C)OCc1cccc(C(=O)O)n1. The van der Waals surface area contributed by atoms with Crippen molar-refractivity contribution in [3.63, 3.8) is 0 Å². The maximum atomic E-state index is 10.6. The summed E-state index contributed by atoms with van der Waals surface area (Å²) >= 11 is 0. The molecular formula is C11H15NO3. The Labute approximate surface area is 88.9 Å². The zero-order valence-corrected chi connectivity index (χ0v) is 8.93. The first-order valence-corrected chi connectivity index (χ1v) is 4.94. The van der Waals surface area contributed by atoms with Gasteiger partial charge in [0.15, 0.2) is 0 Å². The van der Waals surface area contributed by atoms with Crippen molar-refractivity contribution in [1.29, 1.82) is 0 Å². The van der Waals surface area contributed by atoms with E-state index in [1.165, 1.54) is 6.07 Å². The third kappa shape index (κ3) is 3.67. The molecule has 0 aromatic carbocycles. The molecule has 1 aromatic rings. The molecular weight excluding hydrogens is 194 g/mol. The van der Waals surface area contributed by atoms with Crippen LogP contribution in [0.4, 0.5) is 0 Å². The van der Waals surface area contributed by atoms with Gasteiger partial charge in [0.2, 0.25) is 0 Å². The first-order chi connectivity index (χ1) is 7.13. The molecule has 0 spiro atoms. The van der Waals surface area contributed by atoms with Crippen molar-refractivity contribution >= 4 is 5.97 Å². The van der Waals surface area contributed by atoms with Gasteiger partial charge in [-0.1, -0.05) is 13.0 Å². The van der Waals surface area contributed by atoms with Gasteiger partial charge in [-0.15, -0.1) is 0 Å². The molecule has 1 atom stereocenters. The first-order valence-electron chi connectivity index (χ1n) is 4.94. The number of rotatable bonds is 5. The lowest BCUT2D eigenvalue weighted by atomic mass is 10.3. The van der Waals surface area contributed by atoms with Crippen LogP contribution in [0.5, 0.6) is 0 Å². The van der Waals surface area contributed by atoms with Gasteiger partial charge in [0, 0.05) is 0 Å². The van der Waals surface area contributed by atoms with Gasteiger partial charge in [-0.2, -0.15) is 0 Å². The molecule has 82 valence electrons. The maximum absolute atomic E-state index is 10.6. The van der Waals surface area contributed by atoms with Crippen LogP contribution >= 0.6 is 0 Å². The topological polar surface area (TPSA) is 59.4 Å². The van der Waals surface area contributed by atoms with Gasteiger partial charge in [0.05, 0.1) is 18.4 Å². The molecule has 0 saturated carbocycles. The average Bonchev–Trinajstić information content (AvgIpc) is 2.26. The average molecular weight is 209 g/mol. The van der Waals surface area contributed by atoms with E-state index >= 15 is 0 Å². The molecule has 1 aromatic heterocycles. The minimum absolute atomic E-state index is 0.0558. The van der Waals surface area contributed by atoms with Crippen LogP contribution in [0.3, 0.4) is 0 Å². The van der Waals surface area contributed by atoms with E-state index < -0.39 is 5.97 Å². The molecule has 0 aliphatic heterocycles. The highest BCUT2D eigenvalue weighted by Crippen LogP contribution is 2.04. The van der Waals surface area contributed by atoms with Crippen molar-refractivity contribution < 1.29 is 14.6 Å². The molecule has 4 nitrogen and oxygen atoms in total. The summed E-state index contributed by atoms with van der Waals surface area (Å²) in [6.45, 7) is 4.36. The van der Waals surface area contributed by atoms with Crippen molar-refractivity contribution in [3.05, 3.63) is 29.6 Å². The molecule has 1 rings (SSSR count). The second-order valence-electron chi connectivity index (χ2n) is 3.35. The molecule has 0 aliphatic rings. The highest BCUT2D eigenvalue weighted by atomic mass is 16.5. The van der Waals surface area contributed by atoms with E-state index in [0.29, 0.717) is 12.3 Å². The van der Waals surface area contributed by atoms with E-state index in [0.717, 1.165) is 6.42 Å². The third-order valence-corrected chi connectivity index (χ3v) is 2.12. The van der Waals surface area contributed by atoms with Crippen LogP contribution < -0.4 is 0 Å². The summed E-state index contributed by atoms with van der Waals surface area (Å²) < 4.78 is 5.46. The Kier molecular flexibility index (Phi) is 4.24. The highest BCUT2D eigenvalue weighted by Gasteiger charge is 2.06. The van der Waals surface area contributed by atoms with Crippen molar-refractivity contribution in [2.75, 3.05) is 0 Å². The van der Waals surface area contributed by atoms with Crippen molar-refractivity contribution in [1.82, 2.24) is 4.98 Å². The Bertz CT molecular complexity index is 338. The molecule has 0 aliphatic carbocycles. The summed E-state index contributed by atoms with van der Waals surface area (Å²) in [6, 6.07) is 4.90. The third-order valence-electron chi connectivity index (χ3n) is 2.12. The number of ether oxygens (including phenoxy) is 1. The van der Waals surface area contributed by atoms with Crippen LogP contribution in [-0.2, 0) is 11.3 Å². The van der Waals surface area contributed by atoms with E-state index in [1.54, 1.807) is 12.1 Å². The lowest BCUT2D eigenvalue weighted by molar-refractivity contribution is 0.0486. The largest absolute Gasteiger partial charge is 0.477 e. The van der Waals surface area contributed by atoms with Gasteiger partial charge in [-0.05, 0) is 25.5 Å². The molecule has 0 bridgehead atoms. The number of aromatic carboxylic acids is 1. The smallest absolute Gasteiger partial charge is 0.354 e. The Morgan fingerprint density at radius 3 is 2.93 bits per heavy atom. The van der Waals surface area contributed by atoms with E-state index in [-0.39, 0.29) is 11.8 Å². The fourth-order valence-electron chi connectivity index (χ4n) is 1.02. The highest BCUT2D eigenvalue weighted by molar-refractivity contribution is 5.85. The van der Waals surface area contributed by atoms with Crippen LogP contribution in [0.25, 0.3) is 0 Å². The summed E-state index contributed by atoms with van der Waals surface area (Å²) in [4.78, 5) is 14.6. The summed E-state index contributed by atoms with van der Waals surface area (Å²) in [6.07, 6.45) is 1.10. The quantitative estimate of drug-likeness (QED) is 0.806. The standard InChI is InChI=1S/C11H15NO3/c1-3-8(2)15-7-9-5-4-6-10(12-9)11(13)14/h4-6,8H,3,7H2,1-2H3,(H,13,14). The van der Waals surface area contributed by atoms with Gasteiger partial charge >= 0.3 is 5.97 Å². The van der Waals surface area contributed by atoms with Crippen LogP contribution in [0.1, 0.15) is 36.5 Å². The molecule has 0 radical (unpaired) electrons. The molecule has 1 heterocycles. The number of hydrogen-bond acceptors (Lipinski definition) is 3. The number of pyridine rings is 1.